The summed E-state index contributed by atoms with van der Waals surface area (Å²) in [6.45, 7) is 2.03. The topological polar surface area (TPSA) is 186 Å². The third-order valence-electron chi connectivity index (χ3n) is 4.85. The van der Waals surface area contributed by atoms with Crippen molar-refractivity contribution < 1.29 is 29.4 Å². The molecule has 0 spiro atoms. The first-order valence-corrected chi connectivity index (χ1v) is 10.5. The Morgan fingerprint density at radius 1 is 1.23 bits per heavy atom. The molecule has 5 atom stereocenters. The number of rotatable bonds is 11. The number of nitrogens with zero attached hydrogens (tertiary/aromatic N) is 1. The average molecular weight is 457 g/mol. The Balaban J connectivity index is 1.98. The summed E-state index contributed by atoms with van der Waals surface area (Å²) in [6, 6.07) is -4.17. The molecule has 5 unspecified atom stereocenters. The number of aliphatic hydroxyl groups excluding tert-OH is 1. The molecule has 12 nitrogen and oxygen atoms in total. The molecule has 1 aliphatic rings. The number of thiol groups is 1. The number of aromatic amines is 1. The first-order valence-electron chi connectivity index (χ1n) is 9.86. The van der Waals surface area contributed by atoms with E-state index >= 15 is 0 Å². The van der Waals surface area contributed by atoms with Gasteiger partial charge in [0.2, 0.25) is 17.7 Å². The highest BCUT2D eigenvalue weighted by Gasteiger charge is 2.33. The first kappa shape index (κ1) is 24.6. The number of carbonyl (C=O) groups excluding carboxylic acids is 3. The molecule has 0 saturated carbocycles. The lowest BCUT2D eigenvalue weighted by Gasteiger charge is -2.25. The second-order valence-corrected chi connectivity index (χ2v) is 7.67. The lowest BCUT2D eigenvalue weighted by atomic mass is 10.1. The van der Waals surface area contributed by atoms with Crippen LogP contribution in [0.15, 0.2) is 12.5 Å². The predicted molar refractivity (Wildman–Crippen MR) is 112 cm³/mol. The number of imidazole rings is 1. The van der Waals surface area contributed by atoms with Gasteiger partial charge in [0.1, 0.15) is 18.1 Å². The SMILES string of the molecule is CC(O)C(NC(=O)C1CCCN1)C(=O)NC(CS)C(=O)NC(Cc1cnc[nH]1)C(=O)O. The van der Waals surface area contributed by atoms with Gasteiger partial charge in [0.25, 0.3) is 0 Å². The molecule has 13 heteroatoms. The molecule has 2 rings (SSSR count). The van der Waals surface area contributed by atoms with Crippen LogP contribution in [-0.2, 0) is 25.6 Å². The van der Waals surface area contributed by atoms with Gasteiger partial charge in [-0.3, -0.25) is 14.4 Å². The number of hydrogen-bond acceptors (Lipinski definition) is 8. The molecule has 7 N–H and O–H groups in total. The highest BCUT2D eigenvalue weighted by molar-refractivity contribution is 7.80. The number of amides is 3. The van der Waals surface area contributed by atoms with E-state index in [1.807, 2.05) is 0 Å². The molecule has 1 saturated heterocycles. The summed E-state index contributed by atoms with van der Waals surface area (Å²) in [7, 11) is 0. The molecule has 2 heterocycles. The molecular formula is C18H28N6O6S. The van der Waals surface area contributed by atoms with Crippen LogP contribution in [0.4, 0.5) is 0 Å². The van der Waals surface area contributed by atoms with Gasteiger partial charge in [0, 0.05) is 24.1 Å². The van der Waals surface area contributed by atoms with Gasteiger partial charge < -0.3 is 36.5 Å². The van der Waals surface area contributed by atoms with Gasteiger partial charge in [-0.05, 0) is 26.3 Å². The Morgan fingerprint density at radius 2 is 1.94 bits per heavy atom. The number of carbonyl (C=O) groups is 4. The Bertz CT molecular complexity index is 768. The molecular weight excluding hydrogens is 428 g/mol. The van der Waals surface area contributed by atoms with E-state index in [9.17, 15) is 29.4 Å². The zero-order valence-corrected chi connectivity index (χ0v) is 17.9. The summed E-state index contributed by atoms with van der Waals surface area (Å²) in [5.41, 5.74) is 0.511. The maximum absolute atomic E-state index is 12.6. The Labute approximate surface area is 184 Å². The fourth-order valence-corrected chi connectivity index (χ4v) is 3.37. The van der Waals surface area contributed by atoms with Crippen molar-refractivity contribution >= 4 is 36.3 Å². The third-order valence-corrected chi connectivity index (χ3v) is 5.21. The number of hydrogen-bond donors (Lipinski definition) is 8. The second-order valence-electron chi connectivity index (χ2n) is 7.30. The van der Waals surface area contributed by atoms with Crippen molar-refractivity contribution in [1.29, 1.82) is 0 Å². The van der Waals surface area contributed by atoms with Crippen molar-refractivity contribution in [2.45, 2.75) is 56.5 Å². The second kappa shape index (κ2) is 11.7. The number of H-pyrrole nitrogens is 1. The van der Waals surface area contributed by atoms with Crippen LogP contribution in [0.2, 0.25) is 0 Å². The smallest absolute Gasteiger partial charge is 0.326 e. The van der Waals surface area contributed by atoms with Gasteiger partial charge in [0.05, 0.1) is 18.5 Å². The van der Waals surface area contributed by atoms with Gasteiger partial charge in [-0.15, -0.1) is 0 Å². The fraction of sp³-hybridized carbons (Fsp3) is 0.611. The molecule has 1 aromatic rings. The van der Waals surface area contributed by atoms with Crippen LogP contribution in [0.25, 0.3) is 0 Å². The molecule has 0 aromatic carbocycles. The average Bonchev–Trinajstić information content (AvgIpc) is 3.42. The standard InChI is InChI=1S/C18H28N6O6S/c1-9(25)14(24-15(26)11-3-2-4-20-11)17(28)23-13(7-31)16(27)22-12(18(29)30)5-10-6-19-8-21-10/h6,8-9,11-14,20,25,31H,2-5,7H2,1H3,(H,19,21)(H,22,27)(H,23,28)(H,24,26)(H,29,30). The van der Waals surface area contributed by atoms with Crippen molar-refractivity contribution in [2.75, 3.05) is 12.3 Å². The molecule has 1 aliphatic heterocycles. The minimum atomic E-state index is -1.29. The van der Waals surface area contributed by atoms with E-state index in [-0.39, 0.29) is 12.2 Å². The molecule has 0 aliphatic carbocycles. The van der Waals surface area contributed by atoms with Crippen molar-refractivity contribution in [3.63, 3.8) is 0 Å². The van der Waals surface area contributed by atoms with Gasteiger partial charge in [-0.25, -0.2) is 9.78 Å². The van der Waals surface area contributed by atoms with Crippen LogP contribution in [0, 0.1) is 0 Å². The number of carboxylic acid groups (broad SMARTS) is 1. The van der Waals surface area contributed by atoms with E-state index in [2.05, 4.69) is 43.9 Å². The summed E-state index contributed by atoms with van der Waals surface area (Å²) >= 11 is 4.06. The van der Waals surface area contributed by atoms with Crippen molar-refractivity contribution in [2.24, 2.45) is 0 Å². The lowest BCUT2D eigenvalue weighted by Crippen LogP contribution is -2.60. The molecule has 3 amide bonds. The molecule has 0 radical (unpaired) electrons. The van der Waals surface area contributed by atoms with Crippen molar-refractivity contribution in [3.05, 3.63) is 18.2 Å². The van der Waals surface area contributed by atoms with Crippen LogP contribution in [-0.4, -0.2) is 86.4 Å². The molecule has 31 heavy (non-hydrogen) atoms. The summed E-state index contributed by atoms with van der Waals surface area (Å²) in [4.78, 5) is 55.5. The normalized spacial score (nSPS) is 19.6. The summed E-state index contributed by atoms with van der Waals surface area (Å²) < 4.78 is 0. The maximum Gasteiger partial charge on any atom is 0.326 e. The van der Waals surface area contributed by atoms with Gasteiger partial charge >= 0.3 is 5.97 Å². The number of aliphatic carboxylic acids is 1. The van der Waals surface area contributed by atoms with Gasteiger partial charge in [-0.2, -0.15) is 12.6 Å². The first-order chi connectivity index (χ1) is 14.7. The minimum Gasteiger partial charge on any atom is -0.480 e. The predicted octanol–water partition coefficient (Wildman–Crippen LogP) is -2.45. The molecule has 1 fully saturated rings. The van der Waals surface area contributed by atoms with Crippen LogP contribution in [0.5, 0.6) is 0 Å². The Hall–Kier alpha value is -2.64. The van der Waals surface area contributed by atoms with Crippen molar-refractivity contribution in [1.82, 2.24) is 31.2 Å². The van der Waals surface area contributed by atoms with Crippen LogP contribution >= 0.6 is 12.6 Å². The van der Waals surface area contributed by atoms with E-state index in [1.54, 1.807) is 0 Å². The van der Waals surface area contributed by atoms with Crippen LogP contribution < -0.4 is 21.3 Å². The monoisotopic (exact) mass is 456 g/mol. The highest BCUT2D eigenvalue weighted by atomic mass is 32.1. The van der Waals surface area contributed by atoms with E-state index in [0.717, 1.165) is 6.42 Å². The lowest BCUT2D eigenvalue weighted by molar-refractivity contribution is -0.142. The van der Waals surface area contributed by atoms with E-state index in [0.29, 0.717) is 18.7 Å². The van der Waals surface area contributed by atoms with E-state index in [1.165, 1.54) is 19.4 Å². The number of nitrogens with one attached hydrogen (secondary N) is 5. The zero-order chi connectivity index (χ0) is 23.0. The Morgan fingerprint density at radius 3 is 2.45 bits per heavy atom. The number of aliphatic hydroxyl groups is 1. The largest absolute Gasteiger partial charge is 0.480 e. The maximum atomic E-state index is 12.6. The number of carboxylic acids is 1. The molecule has 172 valence electrons. The molecule has 0 bridgehead atoms. The quantitative estimate of drug-likeness (QED) is 0.169. The minimum absolute atomic E-state index is 0.0327. The van der Waals surface area contributed by atoms with Gasteiger partial charge in [0.15, 0.2) is 0 Å². The van der Waals surface area contributed by atoms with Crippen LogP contribution in [0.3, 0.4) is 0 Å². The number of aromatic nitrogens is 2. The molecule has 1 aromatic heterocycles. The Kier molecular flexibility index (Phi) is 9.27. The third kappa shape index (κ3) is 7.22. The summed E-state index contributed by atoms with van der Waals surface area (Å²) in [6.07, 6.45) is 3.02. The van der Waals surface area contributed by atoms with Crippen molar-refractivity contribution in [3.8, 4) is 0 Å². The van der Waals surface area contributed by atoms with E-state index < -0.39 is 54.0 Å². The fourth-order valence-electron chi connectivity index (χ4n) is 3.11. The summed E-state index contributed by atoms with van der Waals surface area (Å²) in [5, 5.41) is 29.6. The van der Waals surface area contributed by atoms with E-state index in [4.69, 9.17) is 0 Å². The highest BCUT2D eigenvalue weighted by Crippen LogP contribution is 2.06. The van der Waals surface area contributed by atoms with Crippen LogP contribution in [0.1, 0.15) is 25.5 Å². The zero-order valence-electron chi connectivity index (χ0n) is 17.0. The summed E-state index contributed by atoms with van der Waals surface area (Å²) in [5.74, 6) is -3.35. The van der Waals surface area contributed by atoms with Gasteiger partial charge in [-0.1, -0.05) is 0 Å².